The molecule has 3 radical (unpaired) electrons. The molecular weight excluding hydrogens is 721 g/mol. The molecule has 0 aromatic rings. The molecule has 10 heavy (non-hydrogen) atoms. The Hall–Kier alpha value is 0.930. The third kappa shape index (κ3) is 36.4. The van der Waals surface area contributed by atoms with E-state index in [1.54, 1.807) is 6.42 Å². The average Bonchev–Trinajstić information content (AvgIpc) is 1.35. The molecular formula is C5H8OReRfRhY-2. The van der Waals surface area contributed by atoms with Gasteiger partial charge in [-0.15, -0.1) is 6.42 Å². The van der Waals surface area contributed by atoms with Crippen LogP contribution in [0, 0.1) is 13.3 Å². The van der Waals surface area contributed by atoms with Crippen LogP contribution in [-0.2, 0) is 77.4 Å². The molecule has 0 spiro atoms. The fraction of sp³-hybridized carbons (Fsp3) is 0.400. The predicted molar refractivity (Wildman–Crippen MR) is 25.0 cm³/mol. The van der Waals surface area contributed by atoms with E-state index in [0.717, 1.165) is 0 Å². The maximum absolute atomic E-state index is 9.90. The van der Waals surface area contributed by atoms with Crippen molar-refractivity contribution in [3.8, 4) is 0 Å². The van der Waals surface area contributed by atoms with Crippen molar-refractivity contribution >= 4 is 5.78 Å². The molecule has 0 fully saturated rings. The maximum atomic E-state index is 9.90. The smallest absolute Gasteiger partial charge is 0 e. The summed E-state index contributed by atoms with van der Waals surface area (Å²) in [6.07, 6.45) is 2.29. The van der Waals surface area contributed by atoms with Crippen LogP contribution >= 0.6 is 0 Å². The van der Waals surface area contributed by atoms with Gasteiger partial charge in [0.05, 0.1) is 0 Å². The molecule has 0 saturated heterocycles. The van der Waals surface area contributed by atoms with E-state index >= 15 is 0 Å². The van der Waals surface area contributed by atoms with Gasteiger partial charge in [0.2, 0.25) is 0 Å². The SMILES string of the molecule is [CH2-]C(=O)C[CH-]C.[Re].[Rf].[Rh].[Y]. The van der Waals surface area contributed by atoms with Crippen LogP contribution in [0.4, 0.5) is 0 Å². The number of ketones is 1. The van der Waals surface area contributed by atoms with E-state index in [2.05, 4.69) is 6.92 Å². The number of rotatable bonds is 2. The van der Waals surface area contributed by atoms with Crippen LogP contribution < -0.4 is 0 Å². The minimum atomic E-state index is -0.0162. The van der Waals surface area contributed by atoms with Crippen molar-refractivity contribution in [2.45, 2.75) is 13.3 Å². The van der Waals surface area contributed by atoms with Gasteiger partial charge in [0.25, 0.3) is 0 Å². The zero-order valence-corrected chi connectivity index (χ0v) is 19.5. The van der Waals surface area contributed by atoms with Crippen LogP contribution in [0.2, 0.25) is 0 Å². The summed E-state index contributed by atoms with van der Waals surface area (Å²) in [5, 5.41) is 0. The molecule has 0 aliphatic rings. The molecule has 0 bridgehead atoms. The topological polar surface area (TPSA) is 17.1 Å². The van der Waals surface area contributed by atoms with Crippen LogP contribution in [0.25, 0.3) is 0 Å². The molecule has 0 aliphatic heterocycles. The van der Waals surface area contributed by atoms with E-state index in [-0.39, 0.29) is 78.4 Å². The van der Waals surface area contributed by atoms with Crippen molar-refractivity contribution in [3.05, 3.63) is 13.3 Å². The van der Waals surface area contributed by atoms with Gasteiger partial charge in [-0.25, -0.2) is 0 Å². The molecule has 0 rings (SSSR count). The van der Waals surface area contributed by atoms with Gasteiger partial charge in [0.1, 0.15) is 0 Å². The zero-order valence-electron chi connectivity index (χ0n) is 5.90. The van der Waals surface area contributed by atoms with E-state index in [1.165, 1.54) is 0 Å². The van der Waals surface area contributed by atoms with Crippen LogP contribution in [0.3, 0.4) is 0 Å². The predicted octanol–water partition coefficient (Wildman–Crippen LogP) is 0.996. The molecule has 0 saturated carbocycles. The average molecular weight is 729 g/mol. The van der Waals surface area contributed by atoms with Gasteiger partial charge in [-0.2, -0.15) is 6.92 Å². The summed E-state index contributed by atoms with van der Waals surface area (Å²) in [5.41, 5.74) is 0. The Balaban J connectivity index is -0.0000000208. The number of Topliss-reactive ketones (excluding diaryl/α,β-unsaturated/α-hetero) is 1. The van der Waals surface area contributed by atoms with E-state index in [4.69, 9.17) is 0 Å². The summed E-state index contributed by atoms with van der Waals surface area (Å²) in [6.45, 7) is 4.99. The van der Waals surface area contributed by atoms with Crippen molar-refractivity contribution < 1.29 is 77.4 Å². The summed E-state index contributed by atoms with van der Waals surface area (Å²) in [4.78, 5) is 9.90. The Morgan fingerprint density at radius 3 is 1.90 bits per heavy atom. The second-order valence-electron chi connectivity index (χ2n) is 1.15. The minimum absolute atomic E-state index is 0. The summed E-state index contributed by atoms with van der Waals surface area (Å²) in [5.74, 6) is -0.0162. The Bertz CT molecular complexity index is 65.6. The first-order valence-corrected chi connectivity index (χ1v) is 1.90. The normalized spacial score (nSPS) is 4.90. The van der Waals surface area contributed by atoms with Crippen molar-refractivity contribution in [1.29, 1.82) is 0 Å². The van der Waals surface area contributed by atoms with Crippen LogP contribution in [-0.4, -0.2) is 5.78 Å². The molecule has 1 nitrogen and oxygen atoms in total. The van der Waals surface area contributed by atoms with E-state index < -0.39 is 0 Å². The van der Waals surface area contributed by atoms with Crippen molar-refractivity contribution in [3.63, 3.8) is 0 Å². The first-order chi connectivity index (χ1) is 2.77. The molecule has 0 aliphatic carbocycles. The summed E-state index contributed by atoms with van der Waals surface area (Å²) < 4.78 is 0. The molecule has 5 heteroatoms. The maximum Gasteiger partial charge on any atom is 0 e. The number of hydrogen-bond donors (Lipinski definition) is 0. The van der Waals surface area contributed by atoms with Gasteiger partial charge < -0.3 is 18.1 Å². The second-order valence-corrected chi connectivity index (χ2v) is 1.15. The Labute approximate surface area is 108 Å². The summed E-state index contributed by atoms with van der Waals surface area (Å²) >= 11 is 0. The summed E-state index contributed by atoms with van der Waals surface area (Å²) in [7, 11) is 0. The van der Waals surface area contributed by atoms with E-state index in [0.29, 0.717) is 6.42 Å². The van der Waals surface area contributed by atoms with Gasteiger partial charge in [-0.05, 0) is 5.78 Å². The fourth-order valence-corrected chi connectivity index (χ4v) is 0.228. The van der Waals surface area contributed by atoms with Crippen LogP contribution in [0.1, 0.15) is 13.3 Å². The molecule has 0 N–H and O–H groups in total. The van der Waals surface area contributed by atoms with Crippen molar-refractivity contribution in [2.24, 2.45) is 0 Å². The molecule has 0 amide bonds. The Kier molecular flexibility index (Phi) is 69.0. The number of carbonyl (C=O) groups excluding carboxylic acids is 1. The molecule has 0 aromatic carbocycles. The van der Waals surface area contributed by atoms with Gasteiger partial charge in [0.15, 0.2) is 0 Å². The number of carbonyl (C=O) groups is 1. The fourth-order valence-electron chi connectivity index (χ4n) is 0.228. The third-order valence-corrected chi connectivity index (χ3v) is 0.432. The summed E-state index contributed by atoms with van der Waals surface area (Å²) in [6, 6.07) is 0. The third-order valence-electron chi connectivity index (χ3n) is 0.432. The molecule has 57 valence electrons. The molecule has 0 aromatic heterocycles. The standard InChI is InChI=1S/C5H8O.Re.Rf.Rh.Y/c1-3-4-5(2)6;;;;/h3H,2,4H2,1H3;;;;/q-2;;;;. The van der Waals surface area contributed by atoms with Gasteiger partial charge in [-0.3, -0.25) is 0 Å². The van der Waals surface area contributed by atoms with Gasteiger partial charge in [0, 0.05) is 72.6 Å². The second kappa shape index (κ2) is 22.5. The van der Waals surface area contributed by atoms with Crippen molar-refractivity contribution in [1.82, 2.24) is 0 Å². The molecule has 0 atom stereocenters. The van der Waals surface area contributed by atoms with Gasteiger partial charge >= 0.3 is 0 Å². The zero-order chi connectivity index (χ0) is 4.99. The molecule has 0 heterocycles. The minimum Gasteiger partial charge on any atom is -0.342 e. The van der Waals surface area contributed by atoms with Crippen molar-refractivity contribution in [2.75, 3.05) is 0 Å². The van der Waals surface area contributed by atoms with E-state index in [9.17, 15) is 4.79 Å². The Morgan fingerprint density at radius 1 is 1.60 bits per heavy atom. The monoisotopic (exact) mass is 730 g/mol. The van der Waals surface area contributed by atoms with Crippen LogP contribution in [0.5, 0.6) is 0 Å². The largest absolute Gasteiger partial charge is 0.342 e. The van der Waals surface area contributed by atoms with Crippen LogP contribution in [0.15, 0.2) is 0 Å². The first kappa shape index (κ1) is 30.6. The quantitative estimate of drug-likeness (QED) is 0.307. The van der Waals surface area contributed by atoms with Gasteiger partial charge in [-0.1, -0.05) is 0 Å². The van der Waals surface area contributed by atoms with E-state index in [1.807, 2.05) is 6.92 Å². The molecule has 0 unspecified atom stereocenters. The number of hydrogen-bond acceptors (Lipinski definition) is 1. The Morgan fingerprint density at radius 2 is 1.90 bits per heavy atom. The first-order valence-electron chi connectivity index (χ1n) is 1.90.